The monoisotopic (exact) mass is 291 g/mol. The van der Waals surface area contributed by atoms with Gasteiger partial charge in [0.2, 0.25) is 0 Å². The Morgan fingerprint density at radius 3 is 2.62 bits per heavy atom. The van der Waals surface area contributed by atoms with Crippen molar-refractivity contribution >= 4 is 17.5 Å². The van der Waals surface area contributed by atoms with E-state index in [1.165, 1.54) is 4.90 Å². The number of nitrogens with two attached hydrogens (primary N) is 1. The third-order valence-electron chi connectivity index (χ3n) is 3.95. The number of nitrogens with one attached hydrogen (secondary N) is 1. The fourth-order valence-corrected chi connectivity index (χ4v) is 2.58. The van der Waals surface area contributed by atoms with Crippen LogP contribution in [0.5, 0.6) is 5.75 Å². The maximum Gasteiger partial charge on any atom is 0.271 e. The summed E-state index contributed by atoms with van der Waals surface area (Å²) in [5.41, 5.74) is 2.78. The van der Waals surface area contributed by atoms with Crippen molar-refractivity contribution in [1.82, 2.24) is 5.43 Å². The number of carbonyl (C=O) groups excluding carboxylic acids is 2. The topological polar surface area (TPSA) is 84.7 Å². The number of ether oxygens (including phenoxy) is 1. The van der Waals surface area contributed by atoms with Crippen LogP contribution in [-0.4, -0.2) is 24.0 Å². The largest absolute Gasteiger partial charge is 0.475 e. The highest BCUT2D eigenvalue weighted by Gasteiger charge is 2.46. The molecule has 0 radical (unpaired) electrons. The molecule has 1 heterocycles. The number of nitrogens with zero attached hydrogens (tertiary/aromatic N) is 1. The summed E-state index contributed by atoms with van der Waals surface area (Å²) in [5, 5.41) is 0. The molecule has 0 bridgehead atoms. The number of hydrogen-bond acceptors (Lipinski definition) is 4. The molecule has 0 aromatic heterocycles. The van der Waals surface area contributed by atoms with Crippen LogP contribution in [0.15, 0.2) is 18.2 Å². The van der Waals surface area contributed by atoms with E-state index < -0.39 is 11.5 Å². The van der Waals surface area contributed by atoms with Crippen LogP contribution in [0.1, 0.15) is 32.3 Å². The molecule has 0 spiro atoms. The number of hydrazine groups is 1. The van der Waals surface area contributed by atoms with Crippen LogP contribution in [0.25, 0.3) is 0 Å². The van der Waals surface area contributed by atoms with E-state index >= 15 is 0 Å². The summed E-state index contributed by atoms with van der Waals surface area (Å²) in [4.78, 5) is 25.9. The average Bonchev–Trinajstić information content (AvgIpc) is 2.49. The van der Waals surface area contributed by atoms with E-state index in [0.717, 1.165) is 5.56 Å². The van der Waals surface area contributed by atoms with Crippen LogP contribution < -0.4 is 20.9 Å². The van der Waals surface area contributed by atoms with Crippen LogP contribution in [0.3, 0.4) is 0 Å². The van der Waals surface area contributed by atoms with Gasteiger partial charge >= 0.3 is 0 Å². The lowest BCUT2D eigenvalue weighted by Crippen LogP contribution is -2.57. The molecule has 0 unspecified atom stereocenters. The van der Waals surface area contributed by atoms with E-state index in [4.69, 9.17) is 10.6 Å². The van der Waals surface area contributed by atoms with Crippen LogP contribution in [0.4, 0.5) is 5.69 Å². The lowest BCUT2D eigenvalue weighted by Gasteiger charge is -2.41. The predicted octanol–water partition coefficient (Wildman–Crippen LogP) is 1.27. The van der Waals surface area contributed by atoms with Gasteiger partial charge in [0.25, 0.3) is 11.8 Å². The van der Waals surface area contributed by atoms with Gasteiger partial charge in [-0.25, -0.2) is 5.84 Å². The quantitative estimate of drug-likeness (QED) is 0.497. The predicted molar refractivity (Wildman–Crippen MR) is 79.8 cm³/mol. The first-order chi connectivity index (χ1) is 9.97. The highest BCUT2D eigenvalue weighted by molar-refractivity contribution is 6.06. The number of amides is 2. The second kappa shape index (κ2) is 5.73. The fourth-order valence-electron chi connectivity index (χ4n) is 2.58. The zero-order chi connectivity index (χ0) is 15.6. The Hall–Kier alpha value is -2.08. The molecule has 1 aromatic rings. The van der Waals surface area contributed by atoms with Gasteiger partial charge in [-0.1, -0.05) is 19.9 Å². The van der Waals surface area contributed by atoms with E-state index in [-0.39, 0.29) is 12.5 Å². The van der Waals surface area contributed by atoms with Crippen molar-refractivity contribution in [1.29, 1.82) is 0 Å². The maximum absolute atomic E-state index is 12.8. The van der Waals surface area contributed by atoms with Gasteiger partial charge in [0.15, 0.2) is 5.60 Å². The van der Waals surface area contributed by atoms with Gasteiger partial charge in [-0.2, -0.15) is 0 Å². The Morgan fingerprint density at radius 2 is 2.05 bits per heavy atom. The summed E-state index contributed by atoms with van der Waals surface area (Å²) < 4.78 is 6.00. The Balaban J connectivity index is 2.51. The van der Waals surface area contributed by atoms with E-state index in [0.29, 0.717) is 24.3 Å². The lowest BCUT2D eigenvalue weighted by molar-refractivity contribution is -0.137. The minimum Gasteiger partial charge on any atom is -0.475 e. The molecule has 0 atom stereocenters. The highest BCUT2D eigenvalue weighted by atomic mass is 16.5. The zero-order valence-corrected chi connectivity index (χ0v) is 12.6. The molecule has 2 amide bonds. The first-order valence-electron chi connectivity index (χ1n) is 7.08. The molecule has 0 aliphatic carbocycles. The summed E-state index contributed by atoms with van der Waals surface area (Å²) in [6.45, 7) is 5.65. The van der Waals surface area contributed by atoms with E-state index in [1.54, 1.807) is 6.07 Å². The Bertz CT molecular complexity index is 567. The maximum atomic E-state index is 12.8. The molecule has 2 rings (SSSR count). The normalized spacial score (nSPS) is 16.2. The van der Waals surface area contributed by atoms with Crippen molar-refractivity contribution in [3.8, 4) is 5.75 Å². The molecule has 3 N–H and O–H groups in total. The summed E-state index contributed by atoms with van der Waals surface area (Å²) in [7, 11) is 0. The van der Waals surface area contributed by atoms with Gasteiger partial charge in [0, 0.05) is 0 Å². The first-order valence-corrected chi connectivity index (χ1v) is 7.08. The third kappa shape index (κ3) is 2.58. The van der Waals surface area contributed by atoms with Crippen molar-refractivity contribution < 1.29 is 14.3 Å². The second-order valence-corrected chi connectivity index (χ2v) is 5.23. The molecule has 6 heteroatoms. The molecular formula is C15H21N3O3. The summed E-state index contributed by atoms with van der Waals surface area (Å²) in [6.07, 6.45) is 1.08. The van der Waals surface area contributed by atoms with Crippen molar-refractivity contribution in [2.45, 2.75) is 39.2 Å². The van der Waals surface area contributed by atoms with Gasteiger partial charge in [0.1, 0.15) is 12.3 Å². The number of fused-ring (bicyclic) bond motifs is 1. The first kappa shape index (κ1) is 15.3. The van der Waals surface area contributed by atoms with E-state index in [9.17, 15) is 9.59 Å². The zero-order valence-electron chi connectivity index (χ0n) is 12.6. The average molecular weight is 291 g/mol. The van der Waals surface area contributed by atoms with Gasteiger partial charge in [0.05, 0.1) is 5.69 Å². The molecule has 0 saturated carbocycles. The van der Waals surface area contributed by atoms with Crippen LogP contribution >= 0.6 is 0 Å². The minimum atomic E-state index is -0.921. The van der Waals surface area contributed by atoms with Crippen LogP contribution in [0.2, 0.25) is 0 Å². The molecule has 1 aromatic carbocycles. The number of carbonyl (C=O) groups is 2. The summed E-state index contributed by atoms with van der Waals surface area (Å²) in [5.74, 6) is 5.15. The molecule has 0 fully saturated rings. The summed E-state index contributed by atoms with van der Waals surface area (Å²) in [6, 6.07) is 5.56. The van der Waals surface area contributed by atoms with Crippen molar-refractivity contribution in [2.24, 2.45) is 5.84 Å². The minimum absolute atomic E-state index is 0.115. The molecule has 1 aliphatic rings. The van der Waals surface area contributed by atoms with Gasteiger partial charge in [-0.15, -0.1) is 0 Å². The number of aryl methyl sites for hydroxylation is 1. The smallest absolute Gasteiger partial charge is 0.271 e. The molecule has 114 valence electrons. The van der Waals surface area contributed by atoms with Gasteiger partial charge in [-0.05, 0) is 37.5 Å². The SMILES string of the molecule is CCC1(CC)Oc2cc(C)ccc2N(CC(=O)NN)C1=O. The fraction of sp³-hybridized carbons (Fsp3) is 0.467. The van der Waals surface area contributed by atoms with E-state index in [1.807, 2.05) is 32.9 Å². The Labute approximate surface area is 124 Å². The van der Waals surface area contributed by atoms with Crippen molar-refractivity contribution in [3.63, 3.8) is 0 Å². The molecule has 0 saturated heterocycles. The highest BCUT2D eigenvalue weighted by Crippen LogP contribution is 2.40. The molecular weight excluding hydrogens is 270 g/mol. The van der Waals surface area contributed by atoms with E-state index in [2.05, 4.69) is 5.43 Å². The van der Waals surface area contributed by atoms with Crippen LogP contribution in [-0.2, 0) is 9.59 Å². The number of benzene rings is 1. The Morgan fingerprint density at radius 1 is 1.38 bits per heavy atom. The molecule has 1 aliphatic heterocycles. The van der Waals surface area contributed by atoms with Crippen molar-refractivity contribution in [2.75, 3.05) is 11.4 Å². The number of hydrogen-bond donors (Lipinski definition) is 2. The van der Waals surface area contributed by atoms with Gasteiger partial charge in [-0.3, -0.25) is 19.9 Å². The standard InChI is InChI=1S/C15H21N3O3/c1-4-15(5-2)14(20)18(9-13(19)17-16)11-7-6-10(3)8-12(11)21-15/h6-8H,4-5,9,16H2,1-3H3,(H,17,19). The second-order valence-electron chi connectivity index (χ2n) is 5.23. The molecule has 6 nitrogen and oxygen atoms in total. The van der Waals surface area contributed by atoms with Crippen LogP contribution in [0, 0.1) is 6.92 Å². The van der Waals surface area contributed by atoms with Crippen molar-refractivity contribution in [3.05, 3.63) is 23.8 Å². The van der Waals surface area contributed by atoms with Gasteiger partial charge < -0.3 is 4.74 Å². The lowest BCUT2D eigenvalue weighted by atomic mass is 9.92. The summed E-state index contributed by atoms with van der Waals surface area (Å²) >= 11 is 0. The Kier molecular flexibility index (Phi) is 4.18. The number of anilines is 1. The number of rotatable bonds is 4. The third-order valence-corrected chi connectivity index (χ3v) is 3.95. The molecule has 21 heavy (non-hydrogen) atoms.